The fraction of sp³-hybridized carbons (Fsp3) is 0.429. The largest absolute Gasteiger partial charge is 0.483 e. The van der Waals surface area contributed by atoms with Crippen molar-refractivity contribution in [2.75, 3.05) is 0 Å². The van der Waals surface area contributed by atoms with Gasteiger partial charge < -0.3 is 14.9 Å². The monoisotopic (exact) mass is 261 g/mol. The molecule has 0 spiro atoms. The molecule has 0 aliphatic rings. The number of benzene rings is 1. The van der Waals surface area contributed by atoms with Crippen molar-refractivity contribution in [1.82, 2.24) is 10.2 Å². The third-order valence-electron chi connectivity index (χ3n) is 2.92. The van der Waals surface area contributed by atoms with Crippen molar-refractivity contribution in [1.29, 1.82) is 0 Å². The lowest BCUT2D eigenvalue weighted by Gasteiger charge is -2.14. The molecule has 5 heteroatoms. The molecule has 0 fully saturated rings. The molecule has 1 aromatic heterocycles. The van der Waals surface area contributed by atoms with Crippen LogP contribution in [0.4, 0.5) is 0 Å². The standard InChI is InChI=1S/C14H19N3O2/c1-3-11(15)10-7-5-6-8-12(10)18-9-14-17-16-13(4-2)19-14/h5-8,11H,3-4,9,15H2,1-2H3/t11-/m0/s1. The van der Waals surface area contributed by atoms with Crippen LogP contribution in [0.25, 0.3) is 0 Å². The Bertz CT molecular complexity index is 525. The Morgan fingerprint density at radius 2 is 1.95 bits per heavy atom. The summed E-state index contributed by atoms with van der Waals surface area (Å²) in [5, 5.41) is 7.82. The first kappa shape index (κ1) is 13.5. The molecule has 1 aromatic carbocycles. The maximum Gasteiger partial charge on any atom is 0.253 e. The maximum atomic E-state index is 6.06. The highest BCUT2D eigenvalue weighted by Crippen LogP contribution is 2.25. The van der Waals surface area contributed by atoms with Crippen molar-refractivity contribution in [3.05, 3.63) is 41.6 Å². The predicted molar refractivity (Wildman–Crippen MR) is 71.7 cm³/mol. The van der Waals surface area contributed by atoms with E-state index in [1.807, 2.05) is 38.1 Å². The van der Waals surface area contributed by atoms with Crippen molar-refractivity contribution in [3.8, 4) is 5.75 Å². The molecular weight excluding hydrogens is 242 g/mol. The molecule has 0 amide bonds. The first-order chi connectivity index (χ1) is 9.24. The van der Waals surface area contributed by atoms with E-state index in [0.29, 0.717) is 11.8 Å². The van der Waals surface area contributed by atoms with E-state index in [0.717, 1.165) is 24.2 Å². The van der Waals surface area contributed by atoms with Crippen molar-refractivity contribution in [3.63, 3.8) is 0 Å². The summed E-state index contributed by atoms with van der Waals surface area (Å²) in [5.74, 6) is 1.88. The SMILES string of the molecule is CCc1nnc(COc2ccccc2[C@@H](N)CC)o1. The number of aryl methyl sites for hydroxylation is 1. The van der Waals surface area contributed by atoms with Crippen LogP contribution in [-0.4, -0.2) is 10.2 Å². The van der Waals surface area contributed by atoms with Crippen molar-refractivity contribution in [2.45, 2.75) is 39.3 Å². The molecular formula is C14H19N3O2. The van der Waals surface area contributed by atoms with Gasteiger partial charge >= 0.3 is 0 Å². The van der Waals surface area contributed by atoms with Crippen LogP contribution in [0.2, 0.25) is 0 Å². The highest BCUT2D eigenvalue weighted by Gasteiger charge is 2.11. The predicted octanol–water partition coefficient (Wildman–Crippen LogP) is 2.62. The van der Waals surface area contributed by atoms with Gasteiger partial charge in [-0.05, 0) is 12.5 Å². The number of hydrogen-bond donors (Lipinski definition) is 1. The molecule has 2 N–H and O–H groups in total. The number of nitrogens with zero attached hydrogens (tertiary/aromatic N) is 2. The number of rotatable bonds is 6. The molecule has 2 aromatic rings. The molecule has 0 aliphatic heterocycles. The molecule has 1 atom stereocenters. The first-order valence-electron chi connectivity index (χ1n) is 6.53. The second kappa shape index (κ2) is 6.33. The van der Waals surface area contributed by atoms with Crippen LogP contribution >= 0.6 is 0 Å². The van der Waals surface area contributed by atoms with Gasteiger partial charge in [-0.25, -0.2) is 0 Å². The molecule has 102 valence electrons. The second-order valence-electron chi connectivity index (χ2n) is 4.28. The van der Waals surface area contributed by atoms with Gasteiger partial charge in [0.2, 0.25) is 5.89 Å². The third kappa shape index (κ3) is 3.32. The Kier molecular flexibility index (Phi) is 4.52. The lowest BCUT2D eigenvalue weighted by Crippen LogP contribution is -2.10. The molecule has 0 saturated heterocycles. The molecule has 0 radical (unpaired) electrons. The van der Waals surface area contributed by atoms with Gasteiger partial charge in [0, 0.05) is 18.0 Å². The fourth-order valence-electron chi connectivity index (χ4n) is 1.77. The molecule has 19 heavy (non-hydrogen) atoms. The van der Waals surface area contributed by atoms with Crippen molar-refractivity contribution in [2.24, 2.45) is 5.73 Å². The fourth-order valence-corrected chi connectivity index (χ4v) is 1.77. The normalized spacial score (nSPS) is 12.4. The van der Waals surface area contributed by atoms with Crippen LogP contribution in [0.1, 0.15) is 43.7 Å². The second-order valence-corrected chi connectivity index (χ2v) is 4.28. The van der Waals surface area contributed by atoms with Gasteiger partial charge in [0.05, 0.1) is 0 Å². The topological polar surface area (TPSA) is 74.2 Å². The van der Waals surface area contributed by atoms with Gasteiger partial charge in [-0.15, -0.1) is 10.2 Å². The van der Waals surface area contributed by atoms with Gasteiger partial charge in [-0.3, -0.25) is 0 Å². The summed E-state index contributed by atoms with van der Waals surface area (Å²) in [4.78, 5) is 0. The van der Waals surface area contributed by atoms with E-state index < -0.39 is 0 Å². The van der Waals surface area contributed by atoms with E-state index in [9.17, 15) is 0 Å². The number of nitrogens with two attached hydrogens (primary N) is 1. The van der Waals surface area contributed by atoms with Gasteiger partial charge in [0.15, 0.2) is 6.61 Å². The Morgan fingerprint density at radius 3 is 2.63 bits per heavy atom. The van der Waals surface area contributed by atoms with Gasteiger partial charge in [-0.2, -0.15) is 0 Å². The third-order valence-corrected chi connectivity index (χ3v) is 2.92. The summed E-state index contributed by atoms with van der Waals surface area (Å²) in [6.07, 6.45) is 1.59. The number of hydrogen-bond acceptors (Lipinski definition) is 5. The Morgan fingerprint density at radius 1 is 1.21 bits per heavy atom. The highest BCUT2D eigenvalue weighted by atomic mass is 16.5. The minimum atomic E-state index is -0.0231. The van der Waals surface area contributed by atoms with E-state index in [1.165, 1.54) is 0 Å². The van der Waals surface area contributed by atoms with E-state index in [2.05, 4.69) is 10.2 Å². The van der Waals surface area contributed by atoms with E-state index >= 15 is 0 Å². The average molecular weight is 261 g/mol. The van der Waals surface area contributed by atoms with Gasteiger partial charge in [-0.1, -0.05) is 32.0 Å². The minimum Gasteiger partial charge on any atom is -0.483 e. The molecule has 5 nitrogen and oxygen atoms in total. The smallest absolute Gasteiger partial charge is 0.253 e. The lowest BCUT2D eigenvalue weighted by molar-refractivity contribution is 0.255. The van der Waals surface area contributed by atoms with Crippen LogP contribution in [0, 0.1) is 0 Å². The van der Waals surface area contributed by atoms with E-state index in [-0.39, 0.29) is 12.6 Å². The molecule has 0 unspecified atom stereocenters. The molecule has 1 heterocycles. The molecule has 2 rings (SSSR count). The van der Waals surface area contributed by atoms with Crippen molar-refractivity contribution >= 4 is 0 Å². The van der Waals surface area contributed by atoms with Crippen molar-refractivity contribution < 1.29 is 9.15 Å². The number of aromatic nitrogens is 2. The zero-order valence-corrected chi connectivity index (χ0v) is 11.3. The Hall–Kier alpha value is -1.88. The van der Waals surface area contributed by atoms with Crippen LogP contribution < -0.4 is 10.5 Å². The molecule has 0 saturated carbocycles. The van der Waals surface area contributed by atoms with Crippen LogP contribution in [0.15, 0.2) is 28.7 Å². The highest BCUT2D eigenvalue weighted by molar-refractivity contribution is 5.35. The Balaban J connectivity index is 2.06. The van der Waals surface area contributed by atoms with E-state index in [1.54, 1.807) is 0 Å². The molecule has 0 bridgehead atoms. The minimum absolute atomic E-state index is 0.0231. The summed E-state index contributed by atoms with van der Waals surface area (Å²) < 4.78 is 11.1. The number of ether oxygens (including phenoxy) is 1. The first-order valence-corrected chi connectivity index (χ1v) is 6.53. The van der Waals surface area contributed by atoms with Gasteiger partial charge in [0.25, 0.3) is 5.89 Å². The van der Waals surface area contributed by atoms with Crippen LogP contribution in [0.3, 0.4) is 0 Å². The zero-order chi connectivity index (χ0) is 13.7. The number of para-hydroxylation sites is 1. The van der Waals surface area contributed by atoms with E-state index in [4.69, 9.17) is 14.9 Å². The zero-order valence-electron chi connectivity index (χ0n) is 11.3. The summed E-state index contributed by atoms with van der Waals surface area (Å²) in [5.41, 5.74) is 7.06. The van der Waals surface area contributed by atoms with Crippen LogP contribution in [0.5, 0.6) is 5.75 Å². The van der Waals surface area contributed by atoms with Crippen LogP contribution in [-0.2, 0) is 13.0 Å². The summed E-state index contributed by atoms with van der Waals surface area (Å²) in [6.45, 7) is 4.28. The lowest BCUT2D eigenvalue weighted by atomic mass is 10.0. The maximum absolute atomic E-state index is 6.06. The summed E-state index contributed by atoms with van der Waals surface area (Å²) >= 11 is 0. The quantitative estimate of drug-likeness (QED) is 0.865. The Labute approximate surface area is 112 Å². The summed E-state index contributed by atoms with van der Waals surface area (Å²) in [7, 11) is 0. The molecule has 0 aliphatic carbocycles. The average Bonchev–Trinajstić information content (AvgIpc) is 2.92. The van der Waals surface area contributed by atoms with Gasteiger partial charge in [0.1, 0.15) is 5.75 Å². The summed E-state index contributed by atoms with van der Waals surface area (Å²) in [6, 6.07) is 7.74.